The third-order valence-electron chi connectivity index (χ3n) is 8.17. The Morgan fingerprint density at radius 1 is 0.448 bits per heavy atom. The molecule has 0 N–H and O–H groups in total. The second-order valence-electron chi connectivity index (χ2n) is 10.7. The third-order valence-corrected chi connectivity index (χ3v) is 8.17. The standard InChI is InChI=1S/C28H54O/c1-3-5-7-11-25-15-19-27(20-16-25)13-9-23-29-24-10-14-28-21-17-26(18-22-28)12-8-6-4-2/h25-28H,3-24H2,1-2H3. The van der Waals surface area contributed by atoms with Gasteiger partial charge >= 0.3 is 0 Å². The van der Waals surface area contributed by atoms with E-state index >= 15 is 0 Å². The fourth-order valence-electron chi connectivity index (χ4n) is 6.03. The van der Waals surface area contributed by atoms with Gasteiger partial charge < -0.3 is 4.74 Å². The van der Waals surface area contributed by atoms with Gasteiger partial charge in [0.25, 0.3) is 0 Å². The molecule has 0 aromatic rings. The molecule has 0 amide bonds. The summed E-state index contributed by atoms with van der Waals surface area (Å²) >= 11 is 0. The van der Waals surface area contributed by atoms with Crippen LogP contribution in [0.15, 0.2) is 0 Å². The van der Waals surface area contributed by atoms with Crippen LogP contribution in [0, 0.1) is 23.7 Å². The molecule has 2 fully saturated rings. The predicted octanol–water partition coefficient (Wildman–Crippen LogP) is 9.34. The Morgan fingerprint density at radius 2 is 0.759 bits per heavy atom. The zero-order valence-corrected chi connectivity index (χ0v) is 20.3. The smallest absolute Gasteiger partial charge is 0.0466 e. The lowest BCUT2D eigenvalue weighted by molar-refractivity contribution is 0.113. The summed E-state index contributed by atoms with van der Waals surface area (Å²) in [6, 6.07) is 0. The second-order valence-corrected chi connectivity index (χ2v) is 10.7. The number of rotatable bonds is 16. The van der Waals surface area contributed by atoms with Gasteiger partial charge in [0.15, 0.2) is 0 Å². The zero-order chi connectivity index (χ0) is 20.6. The van der Waals surface area contributed by atoms with E-state index in [1.807, 2.05) is 0 Å². The minimum absolute atomic E-state index is 1.01. The van der Waals surface area contributed by atoms with Gasteiger partial charge in [-0.15, -0.1) is 0 Å². The van der Waals surface area contributed by atoms with Crippen molar-refractivity contribution in [1.29, 1.82) is 0 Å². The topological polar surface area (TPSA) is 9.23 Å². The van der Waals surface area contributed by atoms with Gasteiger partial charge in [0.2, 0.25) is 0 Å². The van der Waals surface area contributed by atoms with Crippen LogP contribution in [0.1, 0.15) is 142 Å². The van der Waals surface area contributed by atoms with Crippen molar-refractivity contribution < 1.29 is 4.74 Å². The maximum Gasteiger partial charge on any atom is 0.0466 e. The van der Waals surface area contributed by atoms with E-state index in [9.17, 15) is 0 Å². The van der Waals surface area contributed by atoms with Crippen molar-refractivity contribution in [1.82, 2.24) is 0 Å². The van der Waals surface area contributed by atoms with Crippen molar-refractivity contribution in [2.75, 3.05) is 13.2 Å². The first kappa shape index (κ1) is 25.2. The van der Waals surface area contributed by atoms with Gasteiger partial charge in [0.05, 0.1) is 0 Å². The molecule has 0 aliphatic heterocycles. The first-order valence-corrected chi connectivity index (χ1v) is 13.9. The van der Waals surface area contributed by atoms with Crippen molar-refractivity contribution in [2.45, 2.75) is 142 Å². The van der Waals surface area contributed by atoms with Gasteiger partial charge in [-0.3, -0.25) is 0 Å². The summed E-state index contributed by atoms with van der Waals surface area (Å²) in [5, 5.41) is 0. The van der Waals surface area contributed by atoms with Crippen molar-refractivity contribution in [3.63, 3.8) is 0 Å². The van der Waals surface area contributed by atoms with Crippen LogP contribution in [-0.4, -0.2) is 13.2 Å². The van der Waals surface area contributed by atoms with Crippen LogP contribution in [-0.2, 0) is 4.74 Å². The average molecular weight is 407 g/mol. The normalized spacial score (nSPS) is 27.9. The monoisotopic (exact) mass is 406 g/mol. The van der Waals surface area contributed by atoms with Crippen LogP contribution in [0.2, 0.25) is 0 Å². The lowest BCUT2D eigenvalue weighted by atomic mass is 9.78. The largest absolute Gasteiger partial charge is 0.381 e. The molecule has 0 saturated heterocycles. The lowest BCUT2D eigenvalue weighted by Crippen LogP contribution is -2.16. The Bertz CT molecular complexity index is 315. The molecule has 1 heteroatoms. The number of hydrogen-bond donors (Lipinski definition) is 0. The van der Waals surface area contributed by atoms with Gasteiger partial charge in [0, 0.05) is 13.2 Å². The van der Waals surface area contributed by atoms with E-state index in [0.717, 1.165) is 36.9 Å². The summed E-state index contributed by atoms with van der Waals surface area (Å²) < 4.78 is 5.99. The van der Waals surface area contributed by atoms with Crippen LogP contribution in [0.4, 0.5) is 0 Å². The fraction of sp³-hybridized carbons (Fsp3) is 1.00. The summed E-state index contributed by atoms with van der Waals surface area (Å²) in [6.45, 7) is 6.67. The molecule has 2 saturated carbocycles. The van der Waals surface area contributed by atoms with Crippen molar-refractivity contribution in [3.8, 4) is 0 Å². The van der Waals surface area contributed by atoms with E-state index in [0.29, 0.717) is 0 Å². The molecule has 0 unspecified atom stereocenters. The molecule has 172 valence electrons. The summed E-state index contributed by atoms with van der Waals surface area (Å²) in [5.74, 6) is 4.13. The number of hydrogen-bond acceptors (Lipinski definition) is 1. The Morgan fingerprint density at radius 3 is 1.07 bits per heavy atom. The van der Waals surface area contributed by atoms with E-state index in [1.54, 1.807) is 0 Å². The Hall–Kier alpha value is -0.0400. The molecular formula is C28H54O. The van der Waals surface area contributed by atoms with Crippen molar-refractivity contribution in [2.24, 2.45) is 23.7 Å². The highest BCUT2D eigenvalue weighted by molar-refractivity contribution is 4.74. The van der Waals surface area contributed by atoms with Crippen LogP contribution in [0.3, 0.4) is 0 Å². The minimum atomic E-state index is 1.01. The van der Waals surface area contributed by atoms with Gasteiger partial charge in [0.1, 0.15) is 0 Å². The van der Waals surface area contributed by atoms with E-state index in [2.05, 4.69) is 13.8 Å². The molecular weight excluding hydrogens is 352 g/mol. The lowest BCUT2D eigenvalue weighted by Gasteiger charge is -2.29. The minimum Gasteiger partial charge on any atom is -0.381 e. The van der Waals surface area contributed by atoms with Gasteiger partial charge in [-0.2, -0.15) is 0 Å². The molecule has 0 aromatic carbocycles. The van der Waals surface area contributed by atoms with Crippen LogP contribution in [0.5, 0.6) is 0 Å². The Balaban J connectivity index is 1.35. The van der Waals surface area contributed by atoms with E-state index in [1.165, 1.54) is 128 Å². The summed E-state index contributed by atoms with van der Waals surface area (Å²) in [5.41, 5.74) is 0. The van der Waals surface area contributed by atoms with E-state index < -0.39 is 0 Å². The average Bonchev–Trinajstić information content (AvgIpc) is 2.75. The molecule has 0 bridgehead atoms. The Labute approximate surface area is 184 Å². The molecule has 2 rings (SSSR count). The summed E-state index contributed by atoms with van der Waals surface area (Å²) in [4.78, 5) is 0. The highest BCUT2D eigenvalue weighted by Gasteiger charge is 2.21. The molecule has 2 aliphatic rings. The van der Waals surface area contributed by atoms with Crippen molar-refractivity contribution >= 4 is 0 Å². The quantitative estimate of drug-likeness (QED) is 0.232. The zero-order valence-electron chi connectivity index (χ0n) is 20.3. The molecule has 29 heavy (non-hydrogen) atoms. The van der Waals surface area contributed by atoms with E-state index in [-0.39, 0.29) is 0 Å². The molecule has 0 radical (unpaired) electrons. The summed E-state index contributed by atoms with van der Waals surface area (Å²) in [6.07, 6.45) is 29.0. The van der Waals surface area contributed by atoms with Gasteiger partial charge in [-0.05, 0) is 49.4 Å². The summed E-state index contributed by atoms with van der Waals surface area (Å²) in [7, 11) is 0. The number of ether oxygens (including phenoxy) is 1. The first-order valence-electron chi connectivity index (χ1n) is 13.9. The molecule has 1 nitrogen and oxygen atoms in total. The van der Waals surface area contributed by atoms with Crippen LogP contribution < -0.4 is 0 Å². The highest BCUT2D eigenvalue weighted by Crippen LogP contribution is 2.35. The maximum atomic E-state index is 5.99. The van der Waals surface area contributed by atoms with Crippen LogP contribution in [0.25, 0.3) is 0 Å². The number of unbranched alkanes of at least 4 members (excludes halogenated alkanes) is 4. The second kappa shape index (κ2) is 16.6. The molecule has 0 atom stereocenters. The maximum absolute atomic E-state index is 5.99. The fourth-order valence-corrected chi connectivity index (χ4v) is 6.03. The van der Waals surface area contributed by atoms with Crippen LogP contribution >= 0.6 is 0 Å². The predicted molar refractivity (Wildman–Crippen MR) is 128 cm³/mol. The Kier molecular flexibility index (Phi) is 14.5. The van der Waals surface area contributed by atoms with Crippen molar-refractivity contribution in [3.05, 3.63) is 0 Å². The first-order chi connectivity index (χ1) is 14.3. The SMILES string of the molecule is CCCCCC1CCC(CCCOCCCC2CCC(CCCCC)CC2)CC1. The molecule has 0 spiro atoms. The highest BCUT2D eigenvalue weighted by atomic mass is 16.5. The molecule has 2 aliphatic carbocycles. The third kappa shape index (κ3) is 11.8. The molecule has 0 heterocycles. The van der Waals surface area contributed by atoms with E-state index in [4.69, 9.17) is 4.74 Å². The molecule has 0 aromatic heterocycles. The van der Waals surface area contributed by atoms with Gasteiger partial charge in [-0.1, -0.05) is 117 Å². The van der Waals surface area contributed by atoms with Gasteiger partial charge in [-0.25, -0.2) is 0 Å².